The Morgan fingerprint density at radius 2 is 1.80 bits per heavy atom. The first-order chi connectivity index (χ1) is 6.83. The van der Waals surface area contributed by atoms with E-state index in [-0.39, 0.29) is 13.0 Å². The van der Waals surface area contributed by atoms with Gasteiger partial charge in [-0.3, -0.25) is 0 Å². The third-order valence-electron chi connectivity index (χ3n) is 1.76. The van der Waals surface area contributed by atoms with E-state index in [9.17, 15) is 9.90 Å². The summed E-state index contributed by atoms with van der Waals surface area (Å²) in [6.45, 7) is 3.15. The van der Waals surface area contributed by atoms with E-state index in [0.29, 0.717) is 0 Å². The van der Waals surface area contributed by atoms with Crippen LogP contribution in [0.2, 0.25) is 0 Å². The summed E-state index contributed by atoms with van der Waals surface area (Å²) in [4.78, 5) is 9.76. The first kappa shape index (κ1) is 16.8. The number of rotatable bonds is 6. The van der Waals surface area contributed by atoms with Gasteiger partial charge in [-0.1, -0.05) is 19.8 Å². The standard InChI is InChI=1S/C6H12O2.C5H14NO/c1-2-3-4-5-6(7)8;1-6(2,3)4-5-7/h2-5H2,1H3,(H,7,8);7H,4-5H2,1-3H3/q;+1/p-1. The van der Waals surface area contributed by atoms with Gasteiger partial charge >= 0.3 is 0 Å². The maximum atomic E-state index is 9.76. The highest BCUT2D eigenvalue weighted by atomic mass is 16.4. The minimum absolute atomic E-state index is 0.216. The Morgan fingerprint density at radius 1 is 1.27 bits per heavy atom. The van der Waals surface area contributed by atoms with E-state index >= 15 is 0 Å². The third-order valence-corrected chi connectivity index (χ3v) is 1.76. The van der Waals surface area contributed by atoms with Gasteiger partial charge in [-0.05, 0) is 12.8 Å². The maximum Gasteiger partial charge on any atom is 0.101 e. The van der Waals surface area contributed by atoms with Gasteiger partial charge in [0.05, 0.1) is 27.7 Å². The van der Waals surface area contributed by atoms with E-state index in [1.807, 2.05) is 6.92 Å². The van der Waals surface area contributed by atoms with Crippen LogP contribution < -0.4 is 5.11 Å². The molecule has 0 unspecified atom stereocenters. The van der Waals surface area contributed by atoms with Crippen molar-refractivity contribution < 1.29 is 19.5 Å². The number of unbranched alkanes of at least 4 members (excludes halogenated alkanes) is 2. The number of aliphatic hydroxyl groups is 1. The lowest BCUT2D eigenvalue weighted by atomic mass is 10.2. The van der Waals surface area contributed by atoms with Crippen LogP contribution in [0, 0.1) is 0 Å². The maximum absolute atomic E-state index is 9.76. The Bertz CT molecular complexity index is 152. The predicted molar refractivity (Wildman–Crippen MR) is 59.1 cm³/mol. The van der Waals surface area contributed by atoms with Crippen LogP contribution in [-0.4, -0.2) is 49.9 Å². The summed E-state index contributed by atoms with van der Waals surface area (Å²) >= 11 is 0. The number of carbonyl (C=O) groups excluding carboxylic acids is 1. The number of quaternary nitrogens is 1. The average molecular weight is 219 g/mol. The van der Waals surface area contributed by atoms with Crippen LogP contribution in [-0.2, 0) is 4.79 Å². The Labute approximate surface area is 93.1 Å². The molecule has 0 saturated heterocycles. The van der Waals surface area contributed by atoms with Crippen LogP contribution in [0.15, 0.2) is 0 Å². The summed E-state index contributed by atoms with van der Waals surface area (Å²) in [5.41, 5.74) is 0. The van der Waals surface area contributed by atoms with Crippen molar-refractivity contribution in [3.05, 3.63) is 0 Å². The second-order valence-corrected chi connectivity index (χ2v) is 4.57. The molecule has 0 aromatic carbocycles. The van der Waals surface area contributed by atoms with E-state index in [0.717, 1.165) is 30.3 Å². The van der Waals surface area contributed by atoms with Crippen molar-refractivity contribution in [1.82, 2.24) is 0 Å². The van der Waals surface area contributed by atoms with E-state index in [1.165, 1.54) is 0 Å². The lowest BCUT2D eigenvalue weighted by Gasteiger charge is -2.21. The van der Waals surface area contributed by atoms with E-state index < -0.39 is 5.97 Å². The molecular formula is C11H25NO3. The summed E-state index contributed by atoms with van der Waals surface area (Å²) in [7, 11) is 6.16. The summed E-state index contributed by atoms with van der Waals surface area (Å²) in [5, 5.41) is 18.1. The molecule has 0 radical (unpaired) electrons. The molecule has 0 aromatic heterocycles. The number of hydrogen-bond donors (Lipinski definition) is 1. The summed E-state index contributed by atoms with van der Waals surface area (Å²) in [5.74, 6) is -0.932. The molecule has 4 nitrogen and oxygen atoms in total. The lowest BCUT2D eigenvalue weighted by Crippen LogP contribution is -2.36. The topological polar surface area (TPSA) is 60.4 Å². The number of likely N-dealkylation sites (N-methyl/N-ethyl adjacent to an activating group) is 1. The Kier molecular flexibility index (Phi) is 11.1. The highest BCUT2D eigenvalue weighted by Crippen LogP contribution is 1.96. The van der Waals surface area contributed by atoms with Crippen molar-refractivity contribution >= 4 is 5.97 Å². The van der Waals surface area contributed by atoms with E-state index in [4.69, 9.17) is 5.11 Å². The number of aliphatic carboxylic acids is 1. The zero-order valence-corrected chi connectivity index (χ0v) is 10.5. The third kappa shape index (κ3) is 24.7. The fourth-order valence-corrected chi connectivity index (χ4v) is 0.819. The van der Waals surface area contributed by atoms with E-state index in [1.54, 1.807) is 0 Å². The second-order valence-electron chi connectivity index (χ2n) is 4.57. The first-order valence-corrected chi connectivity index (χ1v) is 5.44. The molecule has 4 heteroatoms. The van der Waals surface area contributed by atoms with Crippen LogP contribution in [0.25, 0.3) is 0 Å². The number of carboxylic acids is 1. The van der Waals surface area contributed by atoms with Gasteiger partial charge in [0.1, 0.15) is 6.54 Å². The number of carbonyl (C=O) groups is 1. The van der Waals surface area contributed by atoms with Crippen LogP contribution >= 0.6 is 0 Å². The van der Waals surface area contributed by atoms with Gasteiger partial charge < -0.3 is 19.5 Å². The molecule has 1 N–H and O–H groups in total. The van der Waals surface area contributed by atoms with Crippen LogP contribution in [0.1, 0.15) is 32.6 Å². The average Bonchev–Trinajstić information content (AvgIpc) is 2.02. The normalized spacial score (nSPS) is 10.5. The molecule has 0 aliphatic heterocycles. The Morgan fingerprint density at radius 3 is 2.00 bits per heavy atom. The molecule has 0 spiro atoms. The molecule has 0 atom stereocenters. The molecule has 0 saturated carbocycles. The minimum Gasteiger partial charge on any atom is -0.550 e. The fraction of sp³-hybridized carbons (Fsp3) is 0.909. The van der Waals surface area contributed by atoms with Crippen LogP contribution in [0.3, 0.4) is 0 Å². The van der Waals surface area contributed by atoms with Crippen molar-refractivity contribution in [2.45, 2.75) is 32.6 Å². The van der Waals surface area contributed by atoms with Gasteiger partial charge in [-0.25, -0.2) is 0 Å². The monoisotopic (exact) mass is 219 g/mol. The first-order valence-electron chi connectivity index (χ1n) is 5.44. The SMILES string of the molecule is CCCCCC(=O)[O-].C[N+](C)(C)CCO. The lowest BCUT2D eigenvalue weighted by molar-refractivity contribution is -0.870. The highest BCUT2D eigenvalue weighted by Gasteiger charge is 2.02. The predicted octanol–water partition coefficient (Wildman–Crippen LogP) is 0.00150. The molecule has 0 bridgehead atoms. The van der Waals surface area contributed by atoms with Crippen molar-refractivity contribution in [2.24, 2.45) is 0 Å². The summed E-state index contributed by atoms with van der Waals surface area (Å²) in [6, 6.07) is 0. The van der Waals surface area contributed by atoms with E-state index in [2.05, 4.69) is 21.1 Å². The molecule has 0 aliphatic rings. The molecule has 0 aromatic rings. The van der Waals surface area contributed by atoms with Gasteiger partial charge in [0.25, 0.3) is 0 Å². The van der Waals surface area contributed by atoms with Crippen molar-refractivity contribution in [2.75, 3.05) is 34.3 Å². The zero-order valence-electron chi connectivity index (χ0n) is 10.5. The molecule has 0 aliphatic carbocycles. The molecule has 0 rings (SSSR count). The molecule has 0 amide bonds. The van der Waals surface area contributed by atoms with Crippen molar-refractivity contribution in [3.8, 4) is 0 Å². The smallest absolute Gasteiger partial charge is 0.101 e. The number of hydrogen-bond acceptors (Lipinski definition) is 3. The second kappa shape index (κ2) is 9.93. The number of aliphatic hydroxyl groups excluding tert-OH is 1. The Balaban J connectivity index is 0. The van der Waals surface area contributed by atoms with Gasteiger partial charge in [0.2, 0.25) is 0 Å². The quantitative estimate of drug-likeness (QED) is 0.505. The fourth-order valence-electron chi connectivity index (χ4n) is 0.819. The number of carboxylic acid groups (broad SMARTS) is 1. The van der Waals surface area contributed by atoms with Gasteiger partial charge in [-0.15, -0.1) is 0 Å². The van der Waals surface area contributed by atoms with Gasteiger partial charge in [0.15, 0.2) is 0 Å². The highest BCUT2D eigenvalue weighted by molar-refractivity contribution is 5.63. The van der Waals surface area contributed by atoms with Gasteiger partial charge in [-0.2, -0.15) is 0 Å². The van der Waals surface area contributed by atoms with Crippen molar-refractivity contribution in [1.29, 1.82) is 0 Å². The Hall–Kier alpha value is -0.610. The van der Waals surface area contributed by atoms with Crippen molar-refractivity contribution in [3.63, 3.8) is 0 Å². The molecular weight excluding hydrogens is 194 g/mol. The largest absolute Gasteiger partial charge is 0.550 e. The van der Waals surface area contributed by atoms with Gasteiger partial charge in [0, 0.05) is 5.97 Å². The molecule has 0 fully saturated rings. The molecule has 0 heterocycles. The van der Waals surface area contributed by atoms with Crippen LogP contribution in [0.5, 0.6) is 0 Å². The molecule has 92 valence electrons. The number of nitrogens with zero attached hydrogens (tertiary/aromatic N) is 1. The zero-order chi connectivity index (χ0) is 12.3. The molecule has 15 heavy (non-hydrogen) atoms. The summed E-state index contributed by atoms with van der Waals surface area (Å²) < 4.78 is 0.844. The minimum atomic E-state index is -0.932. The summed E-state index contributed by atoms with van der Waals surface area (Å²) in [6.07, 6.45) is 3.04. The van der Waals surface area contributed by atoms with Crippen LogP contribution in [0.4, 0.5) is 0 Å².